The zero-order chi connectivity index (χ0) is 17.4. The van der Waals surface area contributed by atoms with Crippen LogP contribution in [0.15, 0.2) is 23.1 Å². The molecule has 6 nitrogen and oxygen atoms in total. The van der Waals surface area contributed by atoms with Crippen LogP contribution in [0, 0.1) is 12.8 Å². The first-order chi connectivity index (χ1) is 12.2. The summed E-state index contributed by atoms with van der Waals surface area (Å²) in [4.78, 5) is 19.4. The second kappa shape index (κ2) is 6.67. The van der Waals surface area contributed by atoms with E-state index in [4.69, 9.17) is 9.15 Å². The molecule has 1 unspecified atom stereocenters. The van der Waals surface area contributed by atoms with Gasteiger partial charge < -0.3 is 18.6 Å². The van der Waals surface area contributed by atoms with Gasteiger partial charge in [-0.05, 0) is 38.7 Å². The number of rotatable bonds is 6. The number of amides is 1. The number of aromatic nitrogens is 2. The first kappa shape index (κ1) is 16.4. The molecule has 1 aliphatic carbocycles. The molecule has 0 aromatic carbocycles. The highest BCUT2D eigenvalue weighted by Gasteiger charge is 2.34. The summed E-state index contributed by atoms with van der Waals surface area (Å²) in [5, 5.41) is 0. The topological polar surface area (TPSA) is 60.5 Å². The molecule has 0 radical (unpaired) electrons. The van der Waals surface area contributed by atoms with E-state index in [1.165, 1.54) is 18.5 Å². The number of aryl methyl sites for hydroxylation is 1. The summed E-state index contributed by atoms with van der Waals surface area (Å²) in [5.41, 5.74) is 2.90. The third-order valence-corrected chi connectivity index (χ3v) is 5.18. The predicted octanol–water partition coefficient (Wildman–Crippen LogP) is 2.97. The van der Waals surface area contributed by atoms with Gasteiger partial charge in [0.1, 0.15) is 5.76 Å². The van der Waals surface area contributed by atoms with Crippen molar-refractivity contribution in [2.24, 2.45) is 5.92 Å². The van der Waals surface area contributed by atoms with Crippen molar-refractivity contribution in [3.63, 3.8) is 0 Å². The highest BCUT2D eigenvalue weighted by atomic mass is 16.5. The lowest BCUT2D eigenvalue weighted by Gasteiger charge is -2.33. The van der Waals surface area contributed by atoms with Crippen LogP contribution in [-0.4, -0.2) is 40.1 Å². The van der Waals surface area contributed by atoms with Gasteiger partial charge in [-0.3, -0.25) is 4.79 Å². The molecule has 6 heteroatoms. The molecule has 1 atom stereocenters. The fourth-order valence-corrected chi connectivity index (χ4v) is 3.67. The highest BCUT2D eigenvalue weighted by Crippen LogP contribution is 2.35. The van der Waals surface area contributed by atoms with Crippen LogP contribution in [0.25, 0.3) is 0 Å². The molecule has 1 saturated carbocycles. The van der Waals surface area contributed by atoms with Crippen molar-refractivity contribution in [1.29, 1.82) is 0 Å². The standard InChI is InChI=1S/C19H25N3O3/c1-3-24-11-15-9-21(19(23)16-6-7-25-13(16)2)10-17-18(15)22(12-20-17)8-14-4-5-14/h6-7,12,14-15H,3-5,8-11H2,1-2H3. The Hall–Kier alpha value is -2.08. The van der Waals surface area contributed by atoms with Crippen molar-refractivity contribution >= 4 is 5.91 Å². The van der Waals surface area contributed by atoms with Gasteiger partial charge in [-0.2, -0.15) is 0 Å². The van der Waals surface area contributed by atoms with Gasteiger partial charge in [0, 0.05) is 31.3 Å². The smallest absolute Gasteiger partial charge is 0.257 e. The van der Waals surface area contributed by atoms with Gasteiger partial charge in [0.05, 0.1) is 37.0 Å². The molecule has 134 valence electrons. The number of carbonyl (C=O) groups excluding carboxylic acids is 1. The maximum Gasteiger partial charge on any atom is 0.257 e. The third-order valence-electron chi connectivity index (χ3n) is 5.18. The molecule has 2 aromatic heterocycles. The van der Waals surface area contributed by atoms with Crippen LogP contribution in [0.5, 0.6) is 0 Å². The quantitative estimate of drug-likeness (QED) is 0.809. The molecule has 0 spiro atoms. The molecule has 2 aliphatic rings. The van der Waals surface area contributed by atoms with E-state index in [-0.39, 0.29) is 11.8 Å². The van der Waals surface area contributed by atoms with E-state index in [0.717, 1.165) is 18.2 Å². The summed E-state index contributed by atoms with van der Waals surface area (Å²) >= 11 is 0. The molecule has 25 heavy (non-hydrogen) atoms. The van der Waals surface area contributed by atoms with E-state index in [1.54, 1.807) is 12.3 Å². The van der Waals surface area contributed by atoms with E-state index in [0.29, 0.717) is 37.6 Å². The molecule has 0 saturated heterocycles. The number of hydrogen-bond donors (Lipinski definition) is 0. The molecule has 3 heterocycles. The molecule has 1 amide bonds. The SMILES string of the molecule is CCOCC1CN(C(=O)c2ccoc2C)Cc2ncn(CC3CC3)c21. The lowest BCUT2D eigenvalue weighted by atomic mass is 9.98. The molecule has 1 aliphatic heterocycles. The Labute approximate surface area is 147 Å². The first-order valence-corrected chi connectivity index (χ1v) is 9.12. The summed E-state index contributed by atoms with van der Waals surface area (Å²) in [7, 11) is 0. The van der Waals surface area contributed by atoms with Crippen LogP contribution < -0.4 is 0 Å². The van der Waals surface area contributed by atoms with Crippen molar-refractivity contribution in [3.05, 3.63) is 41.4 Å². The predicted molar refractivity (Wildman–Crippen MR) is 92.4 cm³/mol. The minimum Gasteiger partial charge on any atom is -0.469 e. The number of fused-ring (bicyclic) bond motifs is 1. The molecule has 4 rings (SSSR count). The van der Waals surface area contributed by atoms with Gasteiger partial charge in [0.25, 0.3) is 5.91 Å². The van der Waals surface area contributed by atoms with E-state index < -0.39 is 0 Å². The highest BCUT2D eigenvalue weighted by molar-refractivity contribution is 5.95. The van der Waals surface area contributed by atoms with Gasteiger partial charge in [-0.25, -0.2) is 4.98 Å². The molecular weight excluding hydrogens is 318 g/mol. The van der Waals surface area contributed by atoms with Crippen LogP contribution in [0.4, 0.5) is 0 Å². The normalized spacial score (nSPS) is 19.9. The van der Waals surface area contributed by atoms with E-state index in [9.17, 15) is 4.79 Å². The van der Waals surface area contributed by atoms with Crippen LogP contribution in [0.1, 0.15) is 53.2 Å². The summed E-state index contributed by atoms with van der Waals surface area (Å²) in [6.45, 7) is 7.38. The lowest BCUT2D eigenvalue weighted by molar-refractivity contribution is 0.0642. The third kappa shape index (κ3) is 3.23. The maximum absolute atomic E-state index is 12.9. The van der Waals surface area contributed by atoms with Crippen molar-refractivity contribution in [3.8, 4) is 0 Å². The lowest BCUT2D eigenvalue weighted by Crippen LogP contribution is -2.40. The van der Waals surface area contributed by atoms with Crippen molar-refractivity contribution < 1.29 is 13.9 Å². The summed E-state index contributed by atoms with van der Waals surface area (Å²) in [5.74, 6) is 1.63. The van der Waals surface area contributed by atoms with Crippen LogP contribution in [-0.2, 0) is 17.8 Å². The fourth-order valence-electron chi connectivity index (χ4n) is 3.67. The number of nitrogens with zero attached hydrogens (tertiary/aromatic N) is 3. The monoisotopic (exact) mass is 343 g/mol. The number of ether oxygens (including phenoxy) is 1. The van der Waals surface area contributed by atoms with Gasteiger partial charge in [0.2, 0.25) is 0 Å². The van der Waals surface area contributed by atoms with Crippen molar-refractivity contribution in [2.45, 2.75) is 45.7 Å². The zero-order valence-electron chi connectivity index (χ0n) is 14.9. The Balaban J connectivity index is 1.60. The fraction of sp³-hybridized carbons (Fsp3) is 0.579. The summed E-state index contributed by atoms with van der Waals surface area (Å²) in [6, 6.07) is 1.75. The van der Waals surface area contributed by atoms with Gasteiger partial charge in [-0.15, -0.1) is 0 Å². The Morgan fingerprint density at radius 3 is 2.96 bits per heavy atom. The van der Waals surface area contributed by atoms with Crippen LogP contribution in [0.2, 0.25) is 0 Å². The zero-order valence-corrected chi connectivity index (χ0v) is 14.9. The second-order valence-electron chi connectivity index (χ2n) is 7.10. The van der Waals surface area contributed by atoms with Crippen LogP contribution in [0.3, 0.4) is 0 Å². The first-order valence-electron chi connectivity index (χ1n) is 9.12. The Bertz CT molecular complexity index is 760. The van der Waals surface area contributed by atoms with E-state index in [1.807, 2.05) is 25.1 Å². The second-order valence-corrected chi connectivity index (χ2v) is 7.10. The Morgan fingerprint density at radius 1 is 1.44 bits per heavy atom. The minimum atomic E-state index is 0.00939. The molecule has 2 aromatic rings. The molecule has 1 fully saturated rings. The van der Waals surface area contributed by atoms with E-state index in [2.05, 4.69) is 9.55 Å². The van der Waals surface area contributed by atoms with Crippen molar-refractivity contribution in [1.82, 2.24) is 14.5 Å². The number of hydrogen-bond acceptors (Lipinski definition) is 4. The Kier molecular flexibility index (Phi) is 4.37. The summed E-state index contributed by atoms with van der Waals surface area (Å²) in [6.07, 6.45) is 6.14. The van der Waals surface area contributed by atoms with Gasteiger partial charge >= 0.3 is 0 Å². The largest absolute Gasteiger partial charge is 0.469 e. The average Bonchev–Trinajstić information content (AvgIpc) is 3.18. The van der Waals surface area contributed by atoms with Gasteiger partial charge in [0.15, 0.2) is 0 Å². The summed E-state index contributed by atoms with van der Waals surface area (Å²) < 4.78 is 13.3. The van der Waals surface area contributed by atoms with Gasteiger partial charge in [-0.1, -0.05) is 0 Å². The maximum atomic E-state index is 12.9. The molecule has 0 bridgehead atoms. The number of imidazole rings is 1. The van der Waals surface area contributed by atoms with E-state index >= 15 is 0 Å². The van der Waals surface area contributed by atoms with Crippen LogP contribution >= 0.6 is 0 Å². The minimum absolute atomic E-state index is 0.00939. The number of carbonyl (C=O) groups is 1. The molecule has 0 N–H and O–H groups in total. The average molecular weight is 343 g/mol. The van der Waals surface area contributed by atoms with Crippen molar-refractivity contribution in [2.75, 3.05) is 19.8 Å². The molecular formula is C19H25N3O3. The Morgan fingerprint density at radius 2 is 2.28 bits per heavy atom. The number of furan rings is 1.